The summed E-state index contributed by atoms with van der Waals surface area (Å²) >= 11 is 0. The van der Waals surface area contributed by atoms with Crippen molar-refractivity contribution in [3.05, 3.63) is 95.9 Å². The average molecular weight is 363 g/mol. The van der Waals surface area contributed by atoms with Crippen LogP contribution in [-0.2, 0) is 6.54 Å². The molecule has 4 aromatic rings. The maximum Gasteiger partial charge on any atom is 0.271 e. The first-order chi connectivity index (χ1) is 13.1. The lowest BCUT2D eigenvalue weighted by molar-refractivity contribution is 0.0946. The average Bonchev–Trinajstić information content (AvgIpc) is 3.11. The number of rotatable bonds is 4. The van der Waals surface area contributed by atoms with Gasteiger partial charge < -0.3 is 9.72 Å². The van der Waals surface area contributed by atoms with Crippen molar-refractivity contribution in [3.63, 3.8) is 0 Å². The molecule has 2 aromatic carbocycles. The molecule has 0 aliphatic rings. The molecule has 0 unspecified atom stereocenters. The van der Waals surface area contributed by atoms with E-state index < -0.39 is 17.5 Å². The summed E-state index contributed by atoms with van der Waals surface area (Å²) < 4.78 is 29.1. The fourth-order valence-corrected chi connectivity index (χ4v) is 2.86. The van der Waals surface area contributed by atoms with E-state index in [1.807, 2.05) is 48.7 Å². The van der Waals surface area contributed by atoms with Gasteiger partial charge in [0.25, 0.3) is 5.91 Å². The molecule has 4 nitrogen and oxygen atoms in total. The molecule has 27 heavy (non-hydrogen) atoms. The van der Waals surface area contributed by atoms with E-state index in [9.17, 15) is 13.6 Å². The number of hydrogen-bond acceptors (Lipinski definition) is 2. The van der Waals surface area contributed by atoms with Crippen molar-refractivity contribution >= 4 is 11.6 Å². The second kappa shape index (κ2) is 6.99. The normalized spacial score (nSPS) is 10.9. The summed E-state index contributed by atoms with van der Waals surface area (Å²) in [5.74, 6) is -1.89. The molecule has 1 N–H and O–H groups in total. The Labute approximate surface area is 154 Å². The van der Waals surface area contributed by atoms with Crippen LogP contribution in [0.1, 0.15) is 16.1 Å². The van der Waals surface area contributed by atoms with Crippen LogP contribution in [0.25, 0.3) is 16.8 Å². The number of nitrogens with zero attached hydrogens (tertiary/aromatic N) is 2. The molecule has 0 saturated heterocycles. The molecular formula is C21H15F2N3O. The molecule has 0 spiro atoms. The van der Waals surface area contributed by atoms with Crippen LogP contribution >= 0.6 is 0 Å². The number of fused-ring (bicyclic) bond motifs is 1. The molecule has 2 heterocycles. The highest BCUT2D eigenvalue weighted by molar-refractivity contribution is 5.92. The van der Waals surface area contributed by atoms with Crippen LogP contribution in [0, 0.1) is 11.6 Å². The zero-order valence-electron chi connectivity index (χ0n) is 14.2. The lowest BCUT2D eigenvalue weighted by atomic mass is 10.1. The third-order valence-electron chi connectivity index (χ3n) is 4.28. The summed E-state index contributed by atoms with van der Waals surface area (Å²) in [6.45, 7) is -0.250. The van der Waals surface area contributed by atoms with E-state index in [2.05, 4.69) is 10.3 Å². The summed E-state index contributed by atoms with van der Waals surface area (Å²) in [5.41, 5.74) is 2.64. The molecule has 0 bridgehead atoms. The highest BCUT2D eigenvalue weighted by atomic mass is 19.1. The van der Waals surface area contributed by atoms with Gasteiger partial charge in [-0.05, 0) is 35.4 Å². The van der Waals surface area contributed by atoms with E-state index in [0.717, 1.165) is 23.3 Å². The van der Waals surface area contributed by atoms with Crippen molar-refractivity contribution in [2.75, 3.05) is 0 Å². The van der Waals surface area contributed by atoms with Gasteiger partial charge in [-0.15, -0.1) is 0 Å². The molecule has 0 saturated carbocycles. The minimum Gasteiger partial charge on any atom is -0.346 e. The van der Waals surface area contributed by atoms with Crippen LogP contribution < -0.4 is 5.32 Å². The topological polar surface area (TPSA) is 46.4 Å². The largest absolute Gasteiger partial charge is 0.346 e. The zero-order valence-corrected chi connectivity index (χ0v) is 14.2. The number of pyridine rings is 1. The molecule has 0 aliphatic heterocycles. The van der Waals surface area contributed by atoms with Crippen molar-refractivity contribution in [2.24, 2.45) is 0 Å². The Kier molecular flexibility index (Phi) is 4.38. The number of benzene rings is 2. The molecule has 0 fully saturated rings. The van der Waals surface area contributed by atoms with Gasteiger partial charge in [-0.1, -0.05) is 36.4 Å². The third-order valence-corrected chi connectivity index (χ3v) is 4.28. The number of nitrogens with one attached hydrogen (secondary N) is 1. The van der Waals surface area contributed by atoms with Crippen molar-refractivity contribution < 1.29 is 13.6 Å². The Balaban J connectivity index is 1.56. The molecule has 0 aliphatic carbocycles. The van der Waals surface area contributed by atoms with Crippen molar-refractivity contribution in [1.29, 1.82) is 0 Å². The van der Waals surface area contributed by atoms with Crippen LogP contribution in [0.3, 0.4) is 0 Å². The number of amides is 1. The van der Waals surface area contributed by atoms with Gasteiger partial charge in [0.1, 0.15) is 23.0 Å². The number of carbonyl (C=O) groups excluding carboxylic acids is 1. The van der Waals surface area contributed by atoms with Crippen LogP contribution in [0.4, 0.5) is 8.78 Å². The Bertz CT molecular complexity index is 1100. The summed E-state index contributed by atoms with van der Waals surface area (Å²) in [7, 11) is 0. The Morgan fingerprint density at radius 2 is 1.63 bits per heavy atom. The lowest BCUT2D eigenvalue weighted by Gasteiger charge is -2.05. The maximum atomic E-state index is 13.7. The van der Waals surface area contributed by atoms with Gasteiger partial charge in [-0.3, -0.25) is 4.79 Å². The van der Waals surface area contributed by atoms with Crippen molar-refractivity contribution in [3.8, 4) is 11.1 Å². The predicted molar refractivity (Wildman–Crippen MR) is 98.2 cm³/mol. The molecular weight excluding hydrogens is 348 g/mol. The highest BCUT2D eigenvalue weighted by Crippen LogP contribution is 2.20. The number of aromatic nitrogens is 2. The molecule has 0 atom stereocenters. The summed E-state index contributed by atoms with van der Waals surface area (Å²) in [5, 5.41) is 2.51. The van der Waals surface area contributed by atoms with Gasteiger partial charge in [-0.2, -0.15) is 0 Å². The van der Waals surface area contributed by atoms with Gasteiger partial charge in [0.05, 0.1) is 0 Å². The summed E-state index contributed by atoms with van der Waals surface area (Å²) in [4.78, 5) is 16.6. The predicted octanol–water partition coefficient (Wildman–Crippen LogP) is 4.21. The zero-order chi connectivity index (χ0) is 18.8. The van der Waals surface area contributed by atoms with Crippen LogP contribution in [-0.4, -0.2) is 15.3 Å². The van der Waals surface area contributed by atoms with E-state index in [0.29, 0.717) is 5.65 Å². The number of hydrogen-bond donors (Lipinski definition) is 1. The molecule has 6 heteroatoms. The summed E-state index contributed by atoms with van der Waals surface area (Å²) in [6.07, 6.45) is 3.47. The van der Waals surface area contributed by atoms with E-state index in [1.165, 1.54) is 6.07 Å². The van der Waals surface area contributed by atoms with Crippen LogP contribution in [0.5, 0.6) is 0 Å². The SMILES string of the molecule is O=C(NCc1c(F)cccc1F)c1cn2cc(-c3ccccc3)ccc2n1. The second-order valence-corrected chi connectivity index (χ2v) is 6.06. The van der Waals surface area contributed by atoms with Gasteiger partial charge in [0.15, 0.2) is 0 Å². The Morgan fingerprint density at radius 1 is 0.889 bits per heavy atom. The summed E-state index contributed by atoms with van der Waals surface area (Å²) in [6, 6.07) is 17.2. The fourth-order valence-electron chi connectivity index (χ4n) is 2.86. The Morgan fingerprint density at radius 3 is 2.37 bits per heavy atom. The van der Waals surface area contributed by atoms with Crippen molar-refractivity contribution in [1.82, 2.24) is 14.7 Å². The molecule has 2 aromatic heterocycles. The monoisotopic (exact) mass is 363 g/mol. The number of imidazole rings is 1. The van der Waals surface area contributed by atoms with Crippen molar-refractivity contribution in [2.45, 2.75) is 6.54 Å². The smallest absolute Gasteiger partial charge is 0.271 e. The number of carbonyl (C=O) groups is 1. The van der Waals surface area contributed by atoms with Gasteiger partial charge >= 0.3 is 0 Å². The first-order valence-corrected chi connectivity index (χ1v) is 8.37. The second-order valence-electron chi connectivity index (χ2n) is 6.06. The minimum absolute atomic E-state index is 0.178. The molecule has 0 radical (unpaired) electrons. The van der Waals surface area contributed by atoms with Gasteiger partial charge in [0, 0.05) is 24.5 Å². The molecule has 1 amide bonds. The Hall–Kier alpha value is -3.54. The van der Waals surface area contributed by atoms with E-state index >= 15 is 0 Å². The van der Waals surface area contributed by atoms with E-state index in [-0.39, 0.29) is 17.8 Å². The van der Waals surface area contributed by atoms with Gasteiger partial charge in [-0.25, -0.2) is 13.8 Å². The number of halogens is 2. The molecule has 134 valence electrons. The van der Waals surface area contributed by atoms with Gasteiger partial charge in [0.2, 0.25) is 0 Å². The highest BCUT2D eigenvalue weighted by Gasteiger charge is 2.14. The lowest BCUT2D eigenvalue weighted by Crippen LogP contribution is -2.24. The first kappa shape index (κ1) is 16.9. The maximum absolute atomic E-state index is 13.7. The standard InChI is InChI=1S/C21H15F2N3O/c22-17-7-4-8-18(23)16(17)11-24-21(27)19-13-26-12-15(9-10-20(26)25-19)14-5-2-1-3-6-14/h1-10,12-13H,11H2,(H,24,27). The quantitative estimate of drug-likeness (QED) is 0.590. The third kappa shape index (κ3) is 3.42. The fraction of sp³-hybridized carbons (Fsp3) is 0.0476. The molecule has 4 rings (SSSR count). The van der Waals surface area contributed by atoms with E-state index in [1.54, 1.807) is 10.6 Å². The van der Waals surface area contributed by atoms with Crippen LogP contribution in [0.2, 0.25) is 0 Å². The first-order valence-electron chi connectivity index (χ1n) is 8.37. The minimum atomic E-state index is -0.696. The van der Waals surface area contributed by atoms with Crippen LogP contribution in [0.15, 0.2) is 73.1 Å². The van der Waals surface area contributed by atoms with E-state index in [4.69, 9.17) is 0 Å².